The van der Waals surface area contributed by atoms with Gasteiger partial charge in [0.25, 0.3) is 5.91 Å². The van der Waals surface area contributed by atoms with Gasteiger partial charge in [0.05, 0.1) is 0 Å². The predicted octanol–water partition coefficient (Wildman–Crippen LogP) is 2.21. The van der Waals surface area contributed by atoms with Gasteiger partial charge < -0.3 is 14.9 Å². The van der Waals surface area contributed by atoms with Gasteiger partial charge in [0, 0.05) is 43.6 Å². The van der Waals surface area contributed by atoms with Gasteiger partial charge in [-0.05, 0) is 31.4 Å². The molecule has 0 aromatic heterocycles. The molecule has 146 valence electrons. The summed E-state index contributed by atoms with van der Waals surface area (Å²) in [5.41, 5.74) is 1.12. The third kappa shape index (κ3) is 5.39. The minimum absolute atomic E-state index is 0.0365. The summed E-state index contributed by atoms with van der Waals surface area (Å²) in [5.74, 6) is -1.38. The smallest absolute Gasteiger partial charge is 0.323 e. The van der Waals surface area contributed by atoms with Crippen molar-refractivity contribution < 1.29 is 24.3 Å². The van der Waals surface area contributed by atoms with Crippen LogP contribution in [0.1, 0.15) is 60.2 Å². The van der Waals surface area contributed by atoms with Gasteiger partial charge in [0.2, 0.25) is 5.91 Å². The summed E-state index contributed by atoms with van der Waals surface area (Å²) in [6.07, 6.45) is 2.33. The molecule has 1 N–H and O–H groups in total. The summed E-state index contributed by atoms with van der Waals surface area (Å²) in [7, 11) is 0. The average Bonchev–Trinajstić information content (AvgIpc) is 2.90. The summed E-state index contributed by atoms with van der Waals surface area (Å²) >= 11 is 0. The number of likely N-dealkylation sites (tertiary alicyclic amines) is 1. The van der Waals surface area contributed by atoms with Gasteiger partial charge in [-0.2, -0.15) is 0 Å². The number of hydrogen-bond acceptors (Lipinski definition) is 4. The highest BCUT2D eigenvalue weighted by molar-refractivity contribution is 5.98. The van der Waals surface area contributed by atoms with Crippen molar-refractivity contribution in [2.75, 3.05) is 19.6 Å². The Kier molecular flexibility index (Phi) is 7.10. The molecule has 1 aliphatic rings. The molecule has 0 saturated carbocycles. The normalized spacial score (nSPS) is 17.1. The maximum Gasteiger partial charge on any atom is 0.323 e. The third-order valence-corrected chi connectivity index (χ3v) is 4.91. The van der Waals surface area contributed by atoms with Gasteiger partial charge >= 0.3 is 5.97 Å². The van der Waals surface area contributed by atoms with E-state index in [1.807, 2.05) is 0 Å². The summed E-state index contributed by atoms with van der Waals surface area (Å²) in [5, 5.41) is 9.02. The van der Waals surface area contributed by atoms with Gasteiger partial charge in [0.15, 0.2) is 5.78 Å². The van der Waals surface area contributed by atoms with Gasteiger partial charge in [-0.3, -0.25) is 19.2 Å². The average molecular weight is 374 g/mol. The van der Waals surface area contributed by atoms with E-state index in [-0.39, 0.29) is 30.2 Å². The molecule has 2 rings (SSSR count). The lowest BCUT2D eigenvalue weighted by Crippen LogP contribution is -2.43. The summed E-state index contributed by atoms with van der Waals surface area (Å²) in [4.78, 5) is 50.4. The molecule has 0 spiro atoms. The van der Waals surface area contributed by atoms with Crippen LogP contribution in [-0.2, 0) is 9.59 Å². The predicted molar refractivity (Wildman–Crippen MR) is 99.6 cm³/mol. The Hall–Kier alpha value is -2.70. The number of amides is 2. The quantitative estimate of drug-likeness (QED) is 0.770. The minimum Gasteiger partial charge on any atom is -0.480 e. The highest BCUT2D eigenvalue weighted by Gasteiger charge is 2.27. The van der Waals surface area contributed by atoms with E-state index in [4.69, 9.17) is 5.11 Å². The van der Waals surface area contributed by atoms with Crippen LogP contribution in [0.2, 0.25) is 0 Å². The van der Waals surface area contributed by atoms with Crippen LogP contribution in [0, 0.1) is 0 Å². The first-order valence-electron chi connectivity index (χ1n) is 9.25. The van der Waals surface area contributed by atoms with E-state index in [0.29, 0.717) is 49.9 Å². The van der Waals surface area contributed by atoms with Crippen LogP contribution >= 0.6 is 0 Å². The van der Waals surface area contributed by atoms with Crippen molar-refractivity contribution in [3.8, 4) is 0 Å². The highest BCUT2D eigenvalue weighted by Crippen LogP contribution is 2.19. The van der Waals surface area contributed by atoms with Crippen LogP contribution < -0.4 is 0 Å². The number of carbonyl (C=O) groups is 4. The van der Waals surface area contributed by atoms with E-state index in [9.17, 15) is 19.2 Å². The fourth-order valence-electron chi connectivity index (χ4n) is 3.42. The van der Waals surface area contributed by atoms with Gasteiger partial charge in [-0.1, -0.05) is 19.1 Å². The zero-order valence-electron chi connectivity index (χ0n) is 15.8. The Morgan fingerprint density at radius 3 is 2.26 bits per heavy atom. The zero-order chi connectivity index (χ0) is 20.0. The Balaban J connectivity index is 2.04. The number of aliphatic carboxylic acids is 1. The lowest BCUT2D eigenvalue weighted by molar-refractivity contribution is -0.145. The second-order valence-corrected chi connectivity index (χ2v) is 6.77. The number of Topliss-reactive ketones (excluding diaryl/α,β-unsaturated/α-hetero) is 1. The molecule has 1 unspecified atom stereocenters. The number of benzene rings is 1. The summed E-state index contributed by atoms with van der Waals surface area (Å²) < 4.78 is 0. The van der Waals surface area contributed by atoms with Crippen molar-refractivity contribution in [1.29, 1.82) is 0 Å². The van der Waals surface area contributed by atoms with Crippen LogP contribution in [0.5, 0.6) is 0 Å². The molecule has 1 atom stereocenters. The van der Waals surface area contributed by atoms with E-state index < -0.39 is 5.97 Å². The second kappa shape index (κ2) is 9.30. The summed E-state index contributed by atoms with van der Waals surface area (Å²) in [6.45, 7) is 3.87. The molecule has 2 amide bonds. The van der Waals surface area contributed by atoms with Crippen LogP contribution in [0.15, 0.2) is 24.3 Å². The van der Waals surface area contributed by atoms with Crippen molar-refractivity contribution in [2.45, 2.75) is 45.6 Å². The zero-order valence-corrected chi connectivity index (χ0v) is 15.8. The molecule has 1 aromatic rings. The maximum absolute atomic E-state index is 12.8. The Morgan fingerprint density at radius 1 is 1.07 bits per heavy atom. The monoisotopic (exact) mass is 374 g/mol. The van der Waals surface area contributed by atoms with E-state index >= 15 is 0 Å². The molecule has 1 saturated heterocycles. The number of carboxylic acids is 1. The molecule has 7 heteroatoms. The number of carboxylic acid groups (broad SMARTS) is 1. The molecule has 1 fully saturated rings. The van der Waals surface area contributed by atoms with Gasteiger partial charge in [-0.15, -0.1) is 0 Å². The van der Waals surface area contributed by atoms with Crippen molar-refractivity contribution in [3.63, 3.8) is 0 Å². The lowest BCUT2D eigenvalue weighted by atomic mass is 10.1. The number of rotatable bonds is 6. The van der Waals surface area contributed by atoms with E-state index in [0.717, 1.165) is 0 Å². The minimum atomic E-state index is -1.04. The fourth-order valence-corrected chi connectivity index (χ4v) is 3.42. The first-order chi connectivity index (χ1) is 12.8. The molecule has 1 aliphatic heterocycles. The topological polar surface area (TPSA) is 95.0 Å². The maximum atomic E-state index is 12.8. The second-order valence-electron chi connectivity index (χ2n) is 6.77. The van der Waals surface area contributed by atoms with Crippen LogP contribution in [0.25, 0.3) is 0 Å². The molecular formula is C20H26N2O5. The molecule has 1 heterocycles. The number of ketones is 1. The summed E-state index contributed by atoms with van der Waals surface area (Å²) in [6, 6.07) is 6.49. The molecule has 1 aromatic carbocycles. The van der Waals surface area contributed by atoms with Crippen LogP contribution in [0.4, 0.5) is 0 Å². The van der Waals surface area contributed by atoms with Gasteiger partial charge in [0.1, 0.15) is 6.54 Å². The molecule has 0 aliphatic carbocycles. The first-order valence-corrected chi connectivity index (χ1v) is 9.25. The van der Waals surface area contributed by atoms with Crippen molar-refractivity contribution in [1.82, 2.24) is 9.80 Å². The SMILES string of the molecule is CCC(=O)c1ccc(C(=O)N2CCCC(N(CC(=O)O)C(C)=O)CC2)cc1. The van der Waals surface area contributed by atoms with Crippen LogP contribution in [0.3, 0.4) is 0 Å². The number of carbonyl (C=O) groups excluding carboxylic acids is 3. The fraction of sp³-hybridized carbons (Fsp3) is 0.500. The molecule has 0 radical (unpaired) electrons. The molecule has 27 heavy (non-hydrogen) atoms. The lowest BCUT2D eigenvalue weighted by Gasteiger charge is -2.28. The Labute approximate surface area is 158 Å². The largest absolute Gasteiger partial charge is 0.480 e. The molecule has 0 bridgehead atoms. The Morgan fingerprint density at radius 2 is 1.70 bits per heavy atom. The first kappa shape index (κ1) is 20.6. The standard InChI is InChI=1S/C20H26N2O5/c1-3-18(24)15-6-8-16(9-7-15)20(27)21-11-4-5-17(10-12-21)22(14(2)23)13-19(25)26/h6-9,17H,3-5,10-13H2,1-2H3,(H,25,26). The van der Waals surface area contributed by atoms with E-state index in [1.165, 1.54) is 11.8 Å². The van der Waals surface area contributed by atoms with Crippen molar-refractivity contribution >= 4 is 23.6 Å². The number of hydrogen-bond donors (Lipinski definition) is 1. The van der Waals surface area contributed by atoms with Gasteiger partial charge in [-0.25, -0.2) is 0 Å². The van der Waals surface area contributed by atoms with E-state index in [2.05, 4.69) is 0 Å². The van der Waals surface area contributed by atoms with Crippen molar-refractivity contribution in [2.24, 2.45) is 0 Å². The van der Waals surface area contributed by atoms with Crippen LogP contribution in [-0.4, -0.2) is 64.1 Å². The molecular weight excluding hydrogens is 348 g/mol. The Bertz CT molecular complexity index is 714. The number of nitrogens with zero attached hydrogens (tertiary/aromatic N) is 2. The van der Waals surface area contributed by atoms with Crippen molar-refractivity contribution in [3.05, 3.63) is 35.4 Å². The van der Waals surface area contributed by atoms with E-state index in [1.54, 1.807) is 36.1 Å². The third-order valence-electron chi connectivity index (χ3n) is 4.91. The molecule has 7 nitrogen and oxygen atoms in total. The highest BCUT2D eigenvalue weighted by atomic mass is 16.4.